The Bertz CT molecular complexity index is 1000. The Morgan fingerprint density at radius 3 is 2.60 bits per heavy atom. The van der Waals surface area contributed by atoms with E-state index in [1.807, 2.05) is 37.4 Å². The number of para-hydroxylation sites is 1. The summed E-state index contributed by atoms with van der Waals surface area (Å²) in [5.74, 6) is 1.27. The molecular weight excluding hydrogens is 384 g/mol. The molecular formula is C22H24N4O4. The lowest BCUT2D eigenvalue weighted by Gasteiger charge is -2.51. The number of hydrogen-bond acceptors (Lipinski definition) is 5. The molecule has 156 valence electrons. The van der Waals surface area contributed by atoms with Crippen molar-refractivity contribution in [3.05, 3.63) is 48.0 Å². The van der Waals surface area contributed by atoms with Crippen LogP contribution < -0.4 is 25.0 Å². The molecule has 0 radical (unpaired) electrons. The maximum absolute atomic E-state index is 12.8. The van der Waals surface area contributed by atoms with E-state index in [0.29, 0.717) is 61.9 Å². The van der Waals surface area contributed by atoms with E-state index in [2.05, 4.69) is 15.5 Å². The Morgan fingerprint density at radius 2 is 1.80 bits per heavy atom. The summed E-state index contributed by atoms with van der Waals surface area (Å²) in [6, 6.07) is 12.9. The number of likely N-dealkylation sites (tertiary alicyclic amines) is 1. The lowest BCUT2D eigenvalue weighted by atomic mass is 9.90. The van der Waals surface area contributed by atoms with E-state index in [9.17, 15) is 9.59 Å². The number of rotatable bonds is 1. The lowest BCUT2D eigenvalue weighted by molar-refractivity contribution is 0.0815. The molecule has 3 amide bonds. The van der Waals surface area contributed by atoms with Crippen LogP contribution in [0.4, 0.5) is 16.2 Å². The molecule has 0 atom stereocenters. The van der Waals surface area contributed by atoms with Crippen LogP contribution >= 0.6 is 0 Å². The molecule has 5 rings (SSSR count). The average Bonchev–Trinajstić information content (AvgIpc) is 2.78. The van der Waals surface area contributed by atoms with E-state index in [0.717, 1.165) is 5.69 Å². The zero-order valence-electron chi connectivity index (χ0n) is 16.8. The zero-order chi connectivity index (χ0) is 20.7. The third-order valence-corrected chi connectivity index (χ3v) is 6.17. The second-order valence-electron chi connectivity index (χ2n) is 7.84. The average molecular weight is 408 g/mol. The SMILES string of the molecule is CN1c2ccccc2C(=O)NC12CCN(C(=O)Nc1ccc3c(c1)OCCO3)CC2. The summed E-state index contributed by atoms with van der Waals surface area (Å²) in [5, 5.41) is 6.12. The van der Waals surface area contributed by atoms with Crippen LogP contribution in [0.1, 0.15) is 23.2 Å². The van der Waals surface area contributed by atoms with Gasteiger partial charge in [0.25, 0.3) is 5.91 Å². The second-order valence-corrected chi connectivity index (χ2v) is 7.84. The van der Waals surface area contributed by atoms with Gasteiger partial charge in [0.2, 0.25) is 0 Å². The number of amides is 3. The van der Waals surface area contributed by atoms with Crippen molar-refractivity contribution in [3.8, 4) is 11.5 Å². The minimum Gasteiger partial charge on any atom is -0.486 e. The number of anilines is 2. The number of piperidine rings is 1. The van der Waals surface area contributed by atoms with E-state index in [1.165, 1.54) is 0 Å². The third-order valence-electron chi connectivity index (χ3n) is 6.17. The van der Waals surface area contributed by atoms with E-state index < -0.39 is 5.66 Å². The monoisotopic (exact) mass is 408 g/mol. The summed E-state index contributed by atoms with van der Waals surface area (Å²) in [4.78, 5) is 29.3. The van der Waals surface area contributed by atoms with Crippen LogP contribution in [0.2, 0.25) is 0 Å². The summed E-state index contributed by atoms with van der Waals surface area (Å²) in [7, 11) is 2.00. The fraction of sp³-hybridized carbons (Fsp3) is 0.364. The predicted octanol–water partition coefficient (Wildman–Crippen LogP) is 2.66. The van der Waals surface area contributed by atoms with E-state index >= 15 is 0 Å². The number of fused-ring (bicyclic) bond motifs is 2. The highest BCUT2D eigenvalue weighted by molar-refractivity contribution is 6.02. The number of nitrogens with zero attached hydrogens (tertiary/aromatic N) is 2. The lowest BCUT2D eigenvalue weighted by Crippen LogP contribution is -2.67. The molecule has 3 aliphatic rings. The van der Waals surface area contributed by atoms with Crippen molar-refractivity contribution in [2.45, 2.75) is 18.5 Å². The second kappa shape index (κ2) is 7.12. The van der Waals surface area contributed by atoms with Gasteiger partial charge in [-0.05, 0) is 24.3 Å². The minimum atomic E-state index is -0.473. The van der Waals surface area contributed by atoms with Gasteiger partial charge in [0.1, 0.15) is 18.9 Å². The van der Waals surface area contributed by atoms with Gasteiger partial charge in [-0.3, -0.25) is 4.79 Å². The van der Waals surface area contributed by atoms with Crippen molar-refractivity contribution >= 4 is 23.3 Å². The van der Waals surface area contributed by atoms with Crippen molar-refractivity contribution in [3.63, 3.8) is 0 Å². The van der Waals surface area contributed by atoms with E-state index in [4.69, 9.17) is 9.47 Å². The third kappa shape index (κ3) is 3.08. The Labute approximate surface area is 174 Å². The molecule has 8 heteroatoms. The Hall–Kier alpha value is -3.42. The van der Waals surface area contributed by atoms with Gasteiger partial charge < -0.3 is 29.9 Å². The van der Waals surface area contributed by atoms with Gasteiger partial charge in [-0.15, -0.1) is 0 Å². The number of ether oxygens (including phenoxy) is 2. The topological polar surface area (TPSA) is 83.1 Å². The van der Waals surface area contributed by atoms with Crippen LogP contribution in [0.25, 0.3) is 0 Å². The molecule has 1 fully saturated rings. The highest BCUT2D eigenvalue weighted by Crippen LogP contribution is 2.36. The molecule has 0 unspecified atom stereocenters. The Balaban J connectivity index is 1.26. The fourth-order valence-corrected chi connectivity index (χ4v) is 4.41. The van der Waals surface area contributed by atoms with Gasteiger partial charge in [-0.2, -0.15) is 0 Å². The summed E-state index contributed by atoms with van der Waals surface area (Å²) >= 11 is 0. The number of benzene rings is 2. The number of carbonyl (C=O) groups excluding carboxylic acids is 2. The molecule has 30 heavy (non-hydrogen) atoms. The van der Waals surface area contributed by atoms with Crippen LogP contribution in [0.5, 0.6) is 11.5 Å². The van der Waals surface area contributed by atoms with Gasteiger partial charge in [0.05, 0.1) is 11.3 Å². The van der Waals surface area contributed by atoms with Crippen LogP contribution in [0.15, 0.2) is 42.5 Å². The first-order valence-corrected chi connectivity index (χ1v) is 10.2. The normalized spacial score (nSPS) is 19.2. The maximum Gasteiger partial charge on any atom is 0.321 e. The standard InChI is InChI=1S/C22H24N4O4/c1-25-17-5-3-2-4-16(17)20(27)24-22(25)8-10-26(11-9-22)21(28)23-15-6-7-18-19(14-15)30-13-12-29-18/h2-7,14H,8-13H2,1H3,(H,23,28)(H,24,27). The summed E-state index contributed by atoms with van der Waals surface area (Å²) in [6.07, 6.45) is 1.30. The molecule has 2 N–H and O–H groups in total. The van der Waals surface area contributed by atoms with Gasteiger partial charge in [0, 0.05) is 44.7 Å². The summed E-state index contributed by atoms with van der Waals surface area (Å²) in [6.45, 7) is 2.12. The minimum absolute atomic E-state index is 0.0575. The molecule has 0 aromatic heterocycles. The van der Waals surface area contributed by atoms with Crippen molar-refractivity contribution in [1.82, 2.24) is 10.2 Å². The van der Waals surface area contributed by atoms with Gasteiger partial charge >= 0.3 is 6.03 Å². The molecule has 3 aliphatic heterocycles. The van der Waals surface area contributed by atoms with Crippen molar-refractivity contribution < 1.29 is 19.1 Å². The summed E-state index contributed by atoms with van der Waals surface area (Å²) in [5.41, 5.74) is 1.81. The molecule has 3 heterocycles. The van der Waals surface area contributed by atoms with Gasteiger partial charge in [0.15, 0.2) is 11.5 Å². The fourth-order valence-electron chi connectivity index (χ4n) is 4.41. The quantitative estimate of drug-likeness (QED) is 0.758. The van der Waals surface area contributed by atoms with Crippen LogP contribution in [-0.4, -0.2) is 55.9 Å². The molecule has 0 aliphatic carbocycles. The molecule has 1 saturated heterocycles. The predicted molar refractivity (Wildman–Crippen MR) is 112 cm³/mol. The summed E-state index contributed by atoms with van der Waals surface area (Å²) < 4.78 is 11.1. The van der Waals surface area contributed by atoms with Crippen LogP contribution in [0.3, 0.4) is 0 Å². The number of nitrogens with one attached hydrogen (secondary N) is 2. The number of urea groups is 1. The Morgan fingerprint density at radius 1 is 1.07 bits per heavy atom. The highest BCUT2D eigenvalue weighted by Gasteiger charge is 2.44. The van der Waals surface area contributed by atoms with Crippen LogP contribution in [-0.2, 0) is 0 Å². The zero-order valence-corrected chi connectivity index (χ0v) is 16.8. The number of carbonyl (C=O) groups is 2. The van der Waals surface area contributed by atoms with Crippen molar-refractivity contribution in [2.75, 3.05) is 43.6 Å². The first kappa shape index (κ1) is 18.6. The maximum atomic E-state index is 12.8. The van der Waals surface area contributed by atoms with Crippen molar-refractivity contribution in [2.24, 2.45) is 0 Å². The highest BCUT2D eigenvalue weighted by atomic mass is 16.6. The molecule has 2 aromatic carbocycles. The first-order valence-electron chi connectivity index (χ1n) is 10.2. The first-order chi connectivity index (χ1) is 14.6. The molecule has 0 bridgehead atoms. The molecule has 8 nitrogen and oxygen atoms in total. The van der Waals surface area contributed by atoms with Crippen LogP contribution in [0, 0.1) is 0 Å². The van der Waals surface area contributed by atoms with E-state index in [-0.39, 0.29) is 11.9 Å². The Kier molecular flexibility index (Phi) is 4.42. The van der Waals surface area contributed by atoms with E-state index in [1.54, 1.807) is 17.0 Å². The molecule has 2 aromatic rings. The van der Waals surface area contributed by atoms with Crippen molar-refractivity contribution in [1.29, 1.82) is 0 Å². The molecule has 0 saturated carbocycles. The number of hydrogen-bond donors (Lipinski definition) is 2. The van der Waals surface area contributed by atoms with Gasteiger partial charge in [-0.1, -0.05) is 12.1 Å². The smallest absolute Gasteiger partial charge is 0.321 e. The largest absolute Gasteiger partial charge is 0.486 e. The molecule has 1 spiro atoms. The van der Waals surface area contributed by atoms with Gasteiger partial charge in [-0.25, -0.2) is 4.79 Å².